The van der Waals surface area contributed by atoms with Crippen LogP contribution < -0.4 is 10.1 Å². The van der Waals surface area contributed by atoms with E-state index in [1.807, 2.05) is 12.1 Å². The minimum Gasteiger partial charge on any atom is -0.496 e. The maximum absolute atomic E-state index is 11.8. The van der Waals surface area contributed by atoms with Gasteiger partial charge >= 0.3 is 5.97 Å². The summed E-state index contributed by atoms with van der Waals surface area (Å²) in [6.45, 7) is 4.09. The topological polar surface area (TPSA) is 69.7 Å². The van der Waals surface area contributed by atoms with Crippen molar-refractivity contribution in [3.05, 3.63) is 39.4 Å². The Hall–Kier alpha value is -1.83. The second kappa shape index (κ2) is 8.46. The summed E-state index contributed by atoms with van der Waals surface area (Å²) >= 11 is 7.28. The fourth-order valence-electron chi connectivity index (χ4n) is 3.38. The highest BCUT2D eigenvalue weighted by Crippen LogP contribution is 2.41. The molecule has 1 N–H and O–H groups in total. The number of nitrogens with zero attached hydrogens (tertiary/aromatic N) is 1. The summed E-state index contributed by atoms with van der Waals surface area (Å²) in [5.41, 5.74) is 2.19. The van der Waals surface area contributed by atoms with Crippen LogP contribution in [0.3, 0.4) is 0 Å². The summed E-state index contributed by atoms with van der Waals surface area (Å²) in [5.74, 6) is 0.392. The number of esters is 1. The third-order valence-corrected chi connectivity index (χ3v) is 6.29. The number of halogens is 1. The van der Waals surface area contributed by atoms with E-state index in [1.165, 1.54) is 24.0 Å². The minimum absolute atomic E-state index is 0.154. The standard InChI is InChI=1S/C19H23ClN2O4S/c1-12-4-5-14(24-2)13(10-12)19(6-8-26-9-7-19)11-21-18-22-16(20)15(27-18)17(23)25-3/h4-5,10H,6-9,11H2,1-3H3,(H,21,22). The van der Waals surface area contributed by atoms with E-state index in [4.69, 9.17) is 25.8 Å². The van der Waals surface area contributed by atoms with Crippen molar-refractivity contribution in [2.24, 2.45) is 0 Å². The molecule has 0 aliphatic carbocycles. The zero-order valence-corrected chi connectivity index (χ0v) is 17.2. The van der Waals surface area contributed by atoms with Crippen LogP contribution in [0.15, 0.2) is 18.2 Å². The average Bonchev–Trinajstić information content (AvgIpc) is 3.07. The molecule has 2 aromatic rings. The quantitative estimate of drug-likeness (QED) is 0.724. The normalized spacial score (nSPS) is 16.0. The van der Waals surface area contributed by atoms with Gasteiger partial charge in [0.1, 0.15) is 5.75 Å². The Morgan fingerprint density at radius 1 is 1.37 bits per heavy atom. The van der Waals surface area contributed by atoms with Crippen molar-refractivity contribution >= 4 is 34.0 Å². The summed E-state index contributed by atoms with van der Waals surface area (Å²) in [5, 5.41) is 4.12. The van der Waals surface area contributed by atoms with Crippen LogP contribution in [0.1, 0.15) is 33.6 Å². The smallest absolute Gasteiger partial charge is 0.351 e. The molecule has 6 nitrogen and oxygen atoms in total. The molecule has 0 bridgehead atoms. The lowest BCUT2D eigenvalue weighted by Crippen LogP contribution is -2.40. The molecule has 1 saturated heterocycles. The molecule has 1 aliphatic rings. The van der Waals surface area contributed by atoms with Gasteiger partial charge in [-0.25, -0.2) is 9.78 Å². The summed E-state index contributed by atoms with van der Waals surface area (Å²) in [6, 6.07) is 6.24. The maximum Gasteiger partial charge on any atom is 0.351 e. The van der Waals surface area contributed by atoms with E-state index in [0.717, 1.165) is 24.2 Å². The van der Waals surface area contributed by atoms with E-state index >= 15 is 0 Å². The Bertz CT molecular complexity index is 818. The van der Waals surface area contributed by atoms with Crippen molar-refractivity contribution < 1.29 is 19.0 Å². The molecule has 3 rings (SSSR count). The third kappa shape index (κ3) is 4.20. The predicted octanol–water partition coefficient (Wildman–Crippen LogP) is 4.06. The highest BCUT2D eigenvalue weighted by atomic mass is 35.5. The SMILES string of the molecule is COC(=O)c1sc(NCC2(c3cc(C)ccc3OC)CCOCC2)nc1Cl. The van der Waals surface area contributed by atoms with Crippen molar-refractivity contribution in [2.45, 2.75) is 25.2 Å². The van der Waals surface area contributed by atoms with Gasteiger partial charge in [-0.1, -0.05) is 40.6 Å². The minimum atomic E-state index is -0.480. The van der Waals surface area contributed by atoms with Gasteiger partial charge in [0, 0.05) is 30.7 Å². The molecule has 146 valence electrons. The van der Waals surface area contributed by atoms with Gasteiger partial charge in [-0.05, 0) is 25.8 Å². The van der Waals surface area contributed by atoms with Crippen molar-refractivity contribution in [3.63, 3.8) is 0 Å². The highest BCUT2D eigenvalue weighted by Gasteiger charge is 2.37. The Morgan fingerprint density at radius 3 is 2.78 bits per heavy atom. The second-order valence-corrected chi connectivity index (χ2v) is 7.94. The predicted molar refractivity (Wildman–Crippen MR) is 106 cm³/mol. The number of thiazole rings is 1. The first-order valence-corrected chi connectivity index (χ1v) is 9.90. The van der Waals surface area contributed by atoms with Crippen LogP contribution in [0.5, 0.6) is 5.75 Å². The number of benzene rings is 1. The second-order valence-electron chi connectivity index (χ2n) is 6.58. The molecule has 8 heteroatoms. The molecule has 1 fully saturated rings. The number of ether oxygens (including phenoxy) is 3. The zero-order valence-electron chi connectivity index (χ0n) is 15.6. The number of hydrogen-bond donors (Lipinski definition) is 1. The number of aryl methyl sites for hydroxylation is 1. The molecule has 0 amide bonds. The molecule has 1 aliphatic heterocycles. The van der Waals surface area contributed by atoms with Gasteiger partial charge in [-0.15, -0.1) is 0 Å². The number of aromatic nitrogens is 1. The van der Waals surface area contributed by atoms with E-state index in [9.17, 15) is 4.79 Å². The summed E-state index contributed by atoms with van der Waals surface area (Å²) < 4.78 is 16.0. The first-order chi connectivity index (χ1) is 13.0. The lowest BCUT2D eigenvalue weighted by molar-refractivity contribution is 0.0535. The van der Waals surface area contributed by atoms with Gasteiger partial charge in [0.2, 0.25) is 0 Å². The van der Waals surface area contributed by atoms with Gasteiger partial charge in [0.15, 0.2) is 15.2 Å². The lowest BCUT2D eigenvalue weighted by Gasteiger charge is -2.38. The molecule has 0 saturated carbocycles. The monoisotopic (exact) mass is 410 g/mol. The summed E-state index contributed by atoms with van der Waals surface area (Å²) in [7, 11) is 3.02. The molecule has 2 heterocycles. The number of rotatable bonds is 6. The van der Waals surface area contributed by atoms with E-state index in [2.05, 4.69) is 23.3 Å². The van der Waals surface area contributed by atoms with Crippen LogP contribution in [-0.4, -0.2) is 44.9 Å². The van der Waals surface area contributed by atoms with Gasteiger partial charge in [-0.3, -0.25) is 0 Å². The third-order valence-electron chi connectivity index (χ3n) is 4.91. The van der Waals surface area contributed by atoms with Crippen LogP contribution in [0, 0.1) is 6.92 Å². The highest BCUT2D eigenvalue weighted by molar-refractivity contribution is 7.18. The first-order valence-electron chi connectivity index (χ1n) is 8.70. The number of nitrogens with one attached hydrogen (secondary N) is 1. The van der Waals surface area contributed by atoms with Crippen molar-refractivity contribution in [1.82, 2.24) is 4.98 Å². The Labute approximate surface area is 167 Å². The molecular formula is C19H23ClN2O4S. The number of anilines is 1. The molecule has 27 heavy (non-hydrogen) atoms. The molecule has 0 unspecified atom stereocenters. The molecule has 1 aromatic carbocycles. The van der Waals surface area contributed by atoms with Crippen LogP contribution in [0.4, 0.5) is 5.13 Å². The molecular weight excluding hydrogens is 388 g/mol. The molecule has 0 radical (unpaired) electrons. The van der Waals surface area contributed by atoms with E-state index in [0.29, 0.717) is 29.8 Å². The summed E-state index contributed by atoms with van der Waals surface area (Å²) in [4.78, 5) is 16.3. The fraction of sp³-hybridized carbons (Fsp3) is 0.474. The van der Waals surface area contributed by atoms with Crippen molar-refractivity contribution in [3.8, 4) is 5.75 Å². The van der Waals surface area contributed by atoms with E-state index in [1.54, 1.807) is 7.11 Å². The van der Waals surface area contributed by atoms with E-state index in [-0.39, 0.29) is 10.6 Å². The molecule has 1 aromatic heterocycles. The lowest BCUT2D eigenvalue weighted by atomic mass is 9.73. The van der Waals surface area contributed by atoms with Crippen LogP contribution in [0.25, 0.3) is 0 Å². The van der Waals surface area contributed by atoms with Gasteiger partial charge in [0.05, 0.1) is 14.2 Å². The number of carbonyl (C=O) groups excluding carboxylic acids is 1. The van der Waals surface area contributed by atoms with E-state index < -0.39 is 5.97 Å². The molecule has 0 atom stereocenters. The average molecular weight is 411 g/mol. The Balaban J connectivity index is 1.88. The van der Waals surface area contributed by atoms with Gasteiger partial charge in [0.25, 0.3) is 0 Å². The van der Waals surface area contributed by atoms with Crippen LogP contribution in [0.2, 0.25) is 5.15 Å². The van der Waals surface area contributed by atoms with Crippen molar-refractivity contribution in [2.75, 3.05) is 39.3 Å². The summed E-state index contributed by atoms with van der Waals surface area (Å²) in [6.07, 6.45) is 1.73. The Kier molecular flexibility index (Phi) is 6.24. The van der Waals surface area contributed by atoms with Crippen molar-refractivity contribution in [1.29, 1.82) is 0 Å². The number of methoxy groups -OCH3 is 2. The zero-order chi connectivity index (χ0) is 19.4. The number of hydrogen-bond acceptors (Lipinski definition) is 7. The Morgan fingerprint density at radius 2 is 2.11 bits per heavy atom. The largest absolute Gasteiger partial charge is 0.496 e. The fourth-order valence-corrected chi connectivity index (χ4v) is 4.48. The number of carbonyl (C=O) groups is 1. The van der Waals surface area contributed by atoms with Gasteiger partial charge in [-0.2, -0.15) is 0 Å². The molecule has 0 spiro atoms. The van der Waals surface area contributed by atoms with Crippen LogP contribution >= 0.6 is 22.9 Å². The maximum atomic E-state index is 11.8. The van der Waals surface area contributed by atoms with Gasteiger partial charge < -0.3 is 19.5 Å². The first kappa shape index (κ1) is 19.9. The van der Waals surface area contributed by atoms with Crippen LogP contribution in [-0.2, 0) is 14.9 Å².